The molecule has 8 N–H and O–H groups in total. The van der Waals surface area contributed by atoms with E-state index in [2.05, 4.69) is 0 Å². The Kier molecular flexibility index (Phi) is 7.90. The van der Waals surface area contributed by atoms with Crippen molar-refractivity contribution < 1.29 is 39.6 Å². The van der Waals surface area contributed by atoms with Gasteiger partial charge in [-0.25, -0.2) is 5.84 Å². The Morgan fingerprint density at radius 1 is 1.07 bits per heavy atom. The van der Waals surface area contributed by atoms with Crippen LogP contribution in [0.4, 0.5) is 5.69 Å². The van der Waals surface area contributed by atoms with E-state index in [1.165, 1.54) is 4.90 Å². The smallest absolute Gasteiger partial charge is 0.255 e. The second-order valence-corrected chi connectivity index (χ2v) is 12.6. The van der Waals surface area contributed by atoms with Gasteiger partial charge in [0.25, 0.3) is 11.8 Å². The molecule has 0 aliphatic heterocycles. The Morgan fingerprint density at radius 2 is 1.67 bits per heavy atom. The Bertz CT molecular complexity index is 1500. The number of hydrogen-bond donors (Lipinski definition) is 6. The summed E-state index contributed by atoms with van der Waals surface area (Å²) in [5.41, 5.74) is 1.38. The first-order chi connectivity index (χ1) is 19.8. The Morgan fingerprint density at radius 3 is 2.19 bits per heavy atom. The second kappa shape index (κ2) is 10.6. The van der Waals surface area contributed by atoms with Gasteiger partial charge in [-0.15, -0.1) is 0 Å². The van der Waals surface area contributed by atoms with E-state index >= 15 is 0 Å². The van der Waals surface area contributed by atoms with Crippen LogP contribution in [-0.2, 0) is 27.3 Å². The van der Waals surface area contributed by atoms with Crippen LogP contribution in [-0.4, -0.2) is 119 Å². The van der Waals surface area contributed by atoms with Crippen molar-refractivity contribution in [2.75, 3.05) is 53.7 Å². The number of anilines is 1. The molecule has 4 rings (SSSR count). The minimum absolute atomic E-state index is 0.0137. The summed E-state index contributed by atoms with van der Waals surface area (Å²) in [6.07, 6.45) is 0.0541. The van der Waals surface area contributed by atoms with Crippen LogP contribution in [0, 0.1) is 11.3 Å². The first-order valence-corrected chi connectivity index (χ1v) is 13.7. The van der Waals surface area contributed by atoms with Gasteiger partial charge in [0.15, 0.2) is 11.4 Å². The number of carbonyl (C=O) groups is 4. The maximum absolute atomic E-state index is 14.3. The molecule has 234 valence electrons. The van der Waals surface area contributed by atoms with Gasteiger partial charge in [-0.05, 0) is 52.7 Å². The zero-order chi connectivity index (χ0) is 32.5. The van der Waals surface area contributed by atoms with Crippen molar-refractivity contribution in [3.8, 4) is 5.75 Å². The van der Waals surface area contributed by atoms with Crippen molar-refractivity contribution in [1.29, 1.82) is 0 Å². The molecule has 1 unspecified atom stereocenters. The Hall–Kier alpha value is -3.98. The van der Waals surface area contributed by atoms with E-state index in [1.54, 1.807) is 65.1 Å². The lowest BCUT2D eigenvalue weighted by atomic mass is 9.53. The number of hydrazine groups is 1. The topological polar surface area (TPSA) is 214 Å². The van der Waals surface area contributed by atoms with Crippen LogP contribution in [0.3, 0.4) is 0 Å². The molecular weight excluding hydrogens is 560 g/mol. The van der Waals surface area contributed by atoms with Gasteiger partial charge >= 0.3 is 0 Å². The number of amides is 2. The number of primary amides is 1. The summed E-state index contributed by atoms with van der Waals surface area (Å²) < 4.78 is 0. The van der Waals surface area contributed by atoms with Crippen molar-refractivity contribution in [3.05, 3.63) is 45.4 Å². The fraction of sp³-hybridized carbons (Fsp3) is 0.517. The number of benzene rings is 1. The van der Waals surface area contributed by atoms with E-state index in [-0.39, 0.29) is 42.6 Å². The number of ketones is 2. The number of aliphatic hydroxyl groups is 3. The molecule has 0 saturated heterocycles. The molecule has 0 saturated carbocycles. The number of nitrogens with two attached hydrogens (primary N) is 2. The maximum atomic E-state index is 14.3. The van der Waals surface area contributed by atoms with Gasteiger partial charge in [0.05, 0.1) is 24.7 Å². The Balaban J connectivity index is 1.95. The zero-order valence-electron chi connectivity index (χ0n) is 25.4. The summed E-state index contributed by atoms with van der Waals surface area (Å²) >= 11 is 0. The van der Waals surface area contributed by atoms with Gasteiger partial charge in [-0.1, -0.05) is 6.92 Å². The molecular formula is C29H40N6O8. The highest BCUT2D eigenvalue weighted by Crippen LogP contribution is 2.58. The number of phenolic OH excluding ortho intramolecular Hbond substituents is 1. The lowest BCUT2D eigenvalue weighted by Crippen LogP contribution is -2.65. The van der Waals surface area contributed by atoms with E-state index < -0.39 is 69.2 Å². The van der Waals surface area contributed by atoms with Crippen molar-refractivity contribution in [1.82, 2.24) is 14.8 Å². The molecule has 0 bridgehead atoms. The largest absolute Gasteiger partial charge is 0.510 e. The molecule has 0 heterocycles. The zero-order valence-corrected chi connectivity index (χ0v) is 25.4. The van der Waals surface area contributed by atoms with Gasteiger partial charge in [0, 0.05) is 42.3 Å². The second-order valence-electron chi connectivity index (χ2n) is 12.6. The average Bonchev–Trinajstić information content (AvgIpc) is 2.86. The van der Waals surface area contributed by atoms with Crippen molar-refractivity contribution >= 4 is 29.1 Å². The summed E-state index contributed by atoms with van der Waals surface area (Å²) in [4.78, 5) is 57.5. The summed E-state index contributed by atoms with van der Waals surface area (Å²) in [5.74, 6) is -1.04. The number of rotatable bonds is 7. The van der Waals surface area contributed by atoms with Crippen molar-refractivity contribution in [2.24, 2.45) is 22.9 Å². The van der Waals surface area contributed by atoms with Crippen LogP contribution >= 0.6 is 0 Å². The molecule has 14 nitrogen and oxygen atoms in total. The van der Waals surface area contributed by atoms with Crippen LogP contribution in [0.25, 0.3) is 0 Å². The number of hydrogen-bond acceptors (Lipinski definition) is 12. The average molecular weight is 601 g/mol. The van der Waals surface area contributed by atoms with Crippen LogP contribution in [0.2, 0.25) is 0 Å². The summed E-state index contributed by atoms with van der Waals surface area (Å²) in [6.45, 7) is 1.48. The standard InChI is InChI=1S/C29H40N6O8/c1-28-9-14-16(33(4)5)8-13(11-35(31)17(36)12-32(2)3)22(37)18(14)23(38)20(28)26(41)29(43)15(10-28)21(34(6)7)24(39)19(25(29)40)27(30)42/h8,15,21,37,39,41,43H,9-12,31H2,1-7H3,(H2,30,42)/t15-,21?,28-,29+/m0/s1. The molecule has 0 aromatic heterocycles. The van der Waals surface area contributed by atoms with Crippen molar-refractivity contribution in [3.63, 3.8) is 0 Å². The van der Waals surface area contributed by atoms with Crippen LogP contribution in [0.1, 0.15) is 34.8 Å². The normalized spacial score (nSPS) is 26.9. The van der Waals surface area contributed by atoms with Crippen LogP contribution in [0.15, 0.2) is 28.7 Å². The first kappa shape index (κ1) is 31.9. The van der Waals surface area contributed by atoms with Gasteiger partial charge in [0.1, 0.15) is 22.8 Å². The fourth-order valence-electron chi connectivity index (χ4n) is 6.88. The maximum Gasteiger partial charge on any atom is 0.255 e. The van der Waals surface area contributed by atoms with E-state index in [4.69, 9.17) is 11.6 Å². The van der Waals surface area contributed by atoms with Crippen LogP contribution < -0.4 is 16.5 Å². The molecule has 1 aromatic rings. The lowest BCUT2D eigenvalue weighted by Gasteiger charge is -2.53. The summed E-state index contributed by atoms with van der Waals surface area (Å²) in [5, 5.41) is 46.9. The molecule has 3 aliphatic carbocycles. The molecule has 0 fully saturated rings. The molecule has 0 spiro atoms. The van der Waals surface area contributed by atoms with Gasteiger partial charge < -0.3 is 36.0 Å². The highest BCUT2D eigenvalue weighted by Gasteiger charge is 2.65. The first-order valence-electron chi connectivity index (χ1n) is 13.7. The molecule has 2 amide bonds. The predicted molar refractivity (Wildman–Crippen MR) is 156 cm³/mol. The van der Waals surface area contributed by atoms with E-state index in [9.17, 15) is 39.6 Å². The molecule has 1 aromatic carbocycles. The minimum atomic E-state index is -2.75. The SMILES string of the molecule is CN(C)CC(=O)N(N)Cc1cc(N(C)C)c2c(c1O)C(=O)C1=C(O)[C@]3(O)C(=O)C(C(N)=O)=C(O)C(N(C)C)[C@@H]3C[C@]1(C)C2. The van der Waals surface area contributed by atoms with E-state index in [0.29, 0.717) is 11.3 Å². The number of nitrogens with zero attached hydrogens (tertiary/aromatic N) is 4. The number of allylic oxidation sites excluding steroid dienone is 1. The molecule has 43 heavy (non-hydrogen) atoms. The number of likely N-dealkylation sites (N-methyl/N-ethyl adjacent to an activating group) is 2. The number of Topliss-reactive ketones (excluding diaryl/α,β-unsaturated/α-hetero) is 2. The summed E-state index contributed by atoms with van der Waals surface area (Å²) in [6, 6.07) is 0.545. The molecule has 3 aliphatic rings. The number of phenols is 1. The van der Waals surface area contributed by atoms with E-state index in [1.807, 2.05) is 0 Å². The van der Waals surface area contributed by atoms with Gasteiger partial charge in [0.2, 0.25) is 5.78 Å². The monoisotopic (exact) mass is 600 g/mol. The van der Waals surface area contributed by atoms with E-state index in [0.717, 1.165) is 5.01 Å². The van der Waals surface area contributed by atoms with Crippen molar-refractivity contribution in [2.45, 2.75) is 38.0 Å². The lowest BCUT2D eigenvalue weighted by molar-refractivity contribution is -0.150. The highest BCUT2D eigenvalue weighted by atomic mass is 16.3. The molecule has 0 radical (unpaired) electrons. The summed E-state index contributed by atoms with van der Waals surface area (Å²) in [7, 11) is 10.0. The predicted octanol–water partition coefficient (Wildman–Crippen LogP) is -0.659. The minimum Gasteiger partial charge on any atom is -0.510 e. The molecule has 14 heteroatoms. The number of fused-ring (bicyclic) bond motifs is 3. The van der Waals surface area contributed by atoms with Crippen LogP contribution in [0.5, 0.6) is 5.75 Å². The van der Waals surface area contributed by atoms with Gasteiger partial charge in [-0.3, -0.25) is 29.1 Å². The molecule has 4 atom stereocenters. The third kappa shape index (κ3) is 4.74. The Labute approximate surface area is 249 Å². The number of aliphatic hydroxyl groups excluding tert-OH is 2. The number of aromatic hydroxyl groups is 1. The highest BCUT2D eigenvalue weighted by molar-refractivity contribution is 6.25. The third-order valence-electron chi connectivity index (χ3n) is 8.78. The quantitative estimate of drug-likeness (QED) is 0.0996. The number of carbonyl (C=O) groups excluding carboxylic acids is 4. The fourth-order valence-corrected chi connectivity index (χ4v) is 6.88. The van der Waals surface area contributed by atoms with Gasteiger partial charge in [-0.2, -0.15) is 0 Å². The third-order valence-corrected chi connectivity index (χ3v) is 8.78.